The molecule has 0 aromatic heterocycles. The van der Waals surface area contributed by atoms with Crippen LogP contribution in [0.15, 0.2) is 24.3 Å². The van der Waals surface area contributed by atoms with Crippen molar-refractivity contribution in [2.45, 2.75) is 45.1 Å². The van der Waals surface area contributed by atoms with Gasteiger partial charge in [0.25, 0.3) is 0 Å². The Labute approximate surface area is 142 Å². The number of nitrogens with one attached hydrogen (secondary N) is 1. The van der Waals surface area contributed by atoms with Crippen molar-refractivity contribution in [3.8, 4) is 0 Å². The van der Waals surface area contributed by atoms with Crippen molar-refractivity contribution in [2.75, 3.05) is 13.1 Å². The van der Waals surface area contributed by atoms with Crippen molar-refractivity contribution >= 4 is 11.9 Å². The van der Waals surface area contributed by atoms with Crippen LogP contribution in [-0.2, 0) is 11.2 Å². The topological polar surface area (TPSA) is 75.4 Å². The van der Waals surface area contributed by atoms with Gasteiger partial charge in [-0.1, -0.05) is 19.1 Å². The first kappa shape index (κ1) is 18.2. The lowest BCUT2D eigenvalue weighted by atomic mass is 9.95. The molecule has 1 aliphatic heterocycles. The molecule has 2 rings (SSSR count). The summed E-state index contributed by atoms with van der Waals surface area (Å²) in [4.78, 5) is 25.4. The largest absolute Gasteiger partial charge is 0.352 e. The zero-order valence-corrected chi connectivity index (χ0v) is 14.1. The van der Waals surface area contributed by atoms with E-state index >= 15 is 0 Å². The van der Waals surface area contributed by atoms with Gasteiger partial charge in [0.2, 0.25) is 5.91 Å². The van der Waals surface area contributed by atoms with Crippen molar-refractivity contribution in [1.82, 2.24) is 10.2 Å². The average molecular weight is 335 g/mol. The maximum atomic E-state index is 13.3. The van der Waals surface area contributed by atoms with Crippen LogP contribution in [0.1, 0.15) is 38.2 Å². The van der Waals surface area contributed by atoms with Crippen LogP contribution in [0, 0.1) is 11.7 Å². The molecule has 2 atom stereocenters. The molecule has 1 fully saturated rings. The molecular weight excluding hydrogens is 309 g/mol. The lowest BCUT2D eigenvalue weighted by Crippen LogP contribution is -2.50. The van der Waals surface area contributed by atoms with Gasteiger partial charge in [-0.2, -0.15) is 0 Å². The number of carbonyl (C=O) groups excluding carboxylic acids is 2. The standard InChI is InChI=1S/C18H26FN3O2/c1-13(9-14-5-4-6-15(19)11-14)10-17(23)22-8-3-2-7-16(22)12-21-18(20)24/h4-6,11,13,16H,2-3,7-10,12H2,1H3,(H3,20,21,24)/t13-,16+/m0/s1. The van der Waals surface area contributed by atoms with E-state index in [0.29, 0.717) is 19.4 Å². The fourth-order valence-corrected chi connectivity index (χ4v) is 3.31. The Kier molecular flexibility index (Phi) is 6.58. The SMILES string of the molecule is C[C@H](CC(=O)N1CCCC[C@@H]1CNC(N)=O)Cc1cccc(F)c1. The van der Waals surface area contributed by atoms with Crippen LogP contribution in [0.5, 0.6) is 0 Å². The molecule has 1 saturated heterocycles. The van der Waals surface area contributed by atoms with Crippen molar-refractivity contribution < 1.29 is 14.0 Å². The van der Waals surface area contributed by atoms with E-state index in [9.17, 15) is 14.0 Å². The van der Waals surface area contributed by atoms with Crippen LogP contribution in [0.2, 0.25) is 0 Å². The lowest BCUT2D eigenvalue weighted by Gasteiger charge is -2.36. The molecule has 0 bridgehead atoms. The number of halogens is 1. The lowest BCUT2D eigenvalue weighted by molar-refractivity contribution is -0.135. The predicted octanol–water partition coefficient (Wildman–Crippen LogP) is 2.44. The second-order valence-corrected chi connectivity index (χ2v) is 6.63. The molecule has 1 heterocycles. The number of hydrogen-bond acceptors (Lipinski definition) is 2. The highest BCUT2D eigenvalue weighted by Gasteiger charge is 2.27. The first-order valence-electron chi connectivity index (χ1n) is 8.53. The first-order chi connectivity index (χ1) is 11.5. The molecule has 132 valence electrons. The Balaban J connectivity index is 1.89. The van der Waals surface area contributed by atoms with Gasteiger partial charge in [-0.05, 0) is 49.3 Å². The Bertz CT molecular complexity index is 579. The number of carbonyl (C=O) groups is 2. The number of piperidine rings is 1. The number of amides is 3. The van der Waals surface area contributed by atoms with Crippen LogP contribution < -0.4 is 11.1 Å². The van der Waals surface area contributed by atoms with E-state index in [-0.39, 0.29) is 23.7 Å². The van der Waals surface area contributed by atoms with Crippen LogP contribution in [-0.4, -0.2) is 36.0 Å². The highest BCUT2D eigenvalue weighted by Crippen LogP contribution is 2.20. The number of hydrogen-bond donors (Lipinski definition) is 2. The third kappa shape index (κ3) is 5.51. The number of rotatable bonds is 6. The van der Waals surface area contributed by atoms with Crippen molar-refractivity contribution in [2.24, 2.45) is 11.7 Å². The van der Waals surface area contributed by atoms with Crippen LogP contribution in [0.4, 0.5) is 9.18 Å². The van der Waals surface area contributed by atoms with Crippen LogP contribution >= 0.6 is 0 Å². The average Bonchev–Trinajstić information content (AvgIpc) is 2.53. The minimum Gasteiger partial charge on any atom is -0.352 e. The van der Waals surface area contributed by atoms with Gasteiger partial charge in [0.15, 0.2) is 0 Å². The Hall–Kier alpha value is -2.11. The highest BCUT2D eigenvalue weighted by atomic mass is 19.1. The number of nitrogens with zero attached hydrogens (tertiary/aromatic N) is 1. The normalized spacial score (nSPS) is 18.9. The summed E-state index contributed by atoms with van der Waals surface area (Å²) in [6.07, 6.45) is 4.00. The first-order valence-corrected chi connectivity index (χ1v) is 8.53. The fraction of sp³-hybridized carbons (Fsp3) is 0.556. The van der Waals surface area contributed by atoms with Crippen molar-refractivity contribution in [3.05, 3.63) is 35.6 Å². The van der Waals surface area contributed by atoms with E-state index in [1.54, 1.807) is 6.07 Å². The number of urea groups is 1. The van der Waals surface area contributed by atoms with Gasteiger partial charge < -0.3 is 16.0 Å². The van der Waals surface area contributed by atoms with Gasteiger partial charge in [-0.15, -0.1) is 0 Å². The molecule has 0 radical (unpaired) electrons. The molecule has 6 heteroatoms. The van der Waals surface area contributed by atoms with Gasteiger partial charge in [0, 0.05) is 25.6 Å². The second-order valence-electron chi connectivity index (χ2n) is 6.63. The molecule has 5 nitrogen and oxygen atoms in total. The molecule has 3 amide bonds. The number of nitrogens with two attached hydrogens (primary N) is 1. The summed E-state index contributed by atoms with van der Waals surface area (Å²) in [7, 11) is 0. The van der Waals surface area contributed by atoms with Gasteiger partial charge >= 0.3 is 6.03 Å². The minimum absolute atomic E-state index is 0.0140. The third-order valence-corrected chi connectivity index (χ3v) is 4.46. The highest BCUT2D eigenvalue weighted by molar-refractivity contribution is 5.77. The fourth-order valence-electron chi connectivity index (χ4n) is 3.31. The maximum Gasteiger partial charge on any atom is 0.312 e. The second kappa shape index (κ2) is 8.66. The summed E-state index contributed by atoms with van der Waals surface area (Å²) in [6, 6.07) is 5.96. The Morgan fingerprint density at radius 2 is 2.21 bits per heavy atom. The van der Waals surface area contributed by atoms with Gasteiger partial charge in [-0.25, -0.2) is 9.18 Å². The van der Waals surface area contributed by atoms with E-state index in [1.807, 2.05) is 17.9 Å². The maximum absolute atomic E-state index is 13.3. The zero-order valence-electron chi connectivity index (χ0n) is 14.1. The summed E-state index contributed by atoms with van der Waals surface area (Å²) < 4.78 is 13.3. The third-order valence-electron chi connectivity index (χ3n) is 4.46. The van der Waals surface area contributed by atoms with E-state index in [0.717, 1.165) is 31.4 Å². The number of primary amides is 1. The number of likely N-dealkylation sites (tertiary alicyclic amines) is 1. The Morgan fingerprint density at radius 3 is 2.92 bits per heavy atom. The van der Waals surface area contributed by atoms with Gasteiger partial charge in [0.05, 0.1) is 0 Å². The van der Waals surface area contributed by atoms with E-state index < -0.39 is 6.03 Å². The smallest absolute Gasteiger partial charge is 0.312 e. The molecule has 24 heavy (non-hydrogen) atoms. The summed E-state index contributed by atoms with van der Waals surface area (Å²) in [5.74, 6) is -0.0273. The summed E-state index contributed by atoms with van der Waals surface area (Å²) in [5, 5.41) is 2.60. The molecule has 0 unspecified atom stereocenters. The molecule has 1 aromatic rings. The monoisotopic (exact) mass is 335 g/mol. The van der Waals surface area contributed by atoms with E-state index in [4.69, 9.17) is 5.73 Å². The predicted molar refractivity (Wildman–Crippen MR) is 90.8 cm³/mol. The van der Waals surface area contributed by atoms with E-state index in [2.05, 4.69) is 5.32 Å². The van der Waals surface area contributed by atoms with Gasteiger partial charge in [0.1, 0.15) is 5.82 Å². The van der Waals surface area contributed by atoms with Crippen molar-refractivity contribution in [3.63, 3.8) is 0 Å². The molecule has 1 aliphatic rings. The molecule has 0 aliphatic carbocycles. The van der Waals surface area contributed by atoms with Crippen LogP contribution in [0.25, 0.3) is 0 Å². The van der Waals surface area contributed by atoms with Gasteiger partial charge in [-0.3, -0.25) is 4.79 Å². The van der Waals surface area contributed by atoms with Crippen LogP contribution in [0.3, 0.4) is 0 Å². The quantitative estimate of drug-likeness (QED) is 0.838. The summed E-state index contributed by atoms with van der Waals surface area (Å²) >= 11 is 0. The summed E-state index contributed by atoms with van der Waals surface area (Å²) in [6.45, 7) is 3.12. The minimum atomic E-state index is -0.563. The molecule has 0 spiro atoms. The Morgan fingerprint density at radius 1 is 1.42 bits per heavy atom. The summed E-state index contributed by atoms with van der Waals surface area (Å²) in [5.41, 5.74) is 6.03. The zero-order chi connectivity index (χ0) is 17.5. The van der Waals surface area contributed by atoms with E-state index in [1.165, 1.54) is 12.1 Å². The molecular formula is C18H26FN3O2. The molecule has 1 aromatic carbocycles. The van der Waals surface area contributed by atoms with Crippen molar-refractivity contribution in [1.29, 1.82) is 0 Å². The molecule has 3 N–H and O–H groups in total. The number of benzene rings is 1. The molecule has 0 saturated carbocycles.